The summed E-state index contributed by atoms with van der Waals surface area (Å²) in [6.07, 6.45) is 3.53. The Balaban J connectivity index is 2.38. The van der Waals surface area contributed by atoms with Gasteiger partial charge in [-0.05, 0) is 18.6 Å². The summed E-state index contributed by atoms with van der Waals surface area (Å²) in [6.45, 7) is 2.11. The molecule has 0 atom stereocenters. The highest BCUT2D eigenvalue weighted by atomic mass is 16.5. The molecule has 0 aliphatic heterocycles. The highest BCUT2D eigenvalue weighted by molar-refractivity contribution is 6.00. The Kier molecular flexibility index (Phi) is 2.25. The smallest absolute Gasteiger partial charge is 0.227 e. The number of para-hydroxylation sites is 1. The molecule has 0 radical (unpaired) electrons. The third kappa shape index (κ3) is 1.55. The van der Waals surface area contributed by atoms with Gasteiger partial charge in [0.05, 0.1) is 10.8 Å². The molecule has 0 fully saturated rings. The van der Waals surface area contributed by atoms with E-state index in [1.165, 1.54) is 0 Å². The summed E-state index contributed by atoms with van der Waals surface area (Å²) < 4.78 is 6.73. The van der Waals surface area contributed by atoms with Crippen molar-refractivity contribution in [3.8, 4) is 0 Å². The summed E-state index contributed by atoms with van der Waals surface area (Å²) in [5.41, 5.74) is 1.47. The molecule has 0 aliphatic carbocycles. The predicted octanol–water partition coefficient (Wildman–Crippen LogP) is 3.17. The number of rotatable bonds is 2. The molecule has 2 heterocycles. The molecule has 0 bridgehead atoms. The molecule has 17 heavy (non-hydrogen) atoms. The van der Waals surface area contributed by atoms with Crippen molar-refractivity contribution in [1.29, 1.82) is 0 Å². The zero-order valence-corrected chi connectivity index (χ0v) is 9.64. The molecule has 0 N–H and O–H groups in total. The molecule has 3 aromatic rings. The number of hydrogen-bond acceptors (Lipinski definition) is 2. The lowest BCUT2D eigenvalue weighted by molar-refractivity contribution is -0.575. The maximum atomic E-state index is 11.8. The van der Waals surface area contributed by atoms with Crippen LogP contribution in [-0.4, -0.2) is 0 Å². The number of aryl methyl sites for hydroxylation is 1. The zero-order valence-electron chi connectivity index (χ0n) is 9.64. The molecule has 3 rings (SSSR count). The number of benzene rings is 1. The summed E-state index contributed by atoms with van der Waals surface area (Å²) in [7, 11) is 0. The lowest BCUT2D eigenvalue weighted by Crippen LogP contribution is -2.25. The highest BCUT2D eigenvalue weighted by Crippen LogP contribution is 2.26. The Labute approximate surface area is 98.9 Å². The summed E-state index contributed by atoms with van der Waals surface area (Å²) in [5.74, 6) is 0.943. The standard InChI is InChI=1S/C14H13NO2/c1-2-5-11-8-10-9-15(16)13-7-4-3-6-12(13)14(10)17-11/h3-4,6-9H,2,5H2,1H3. The minimum absolute atomic E-state index is 0.650. The molecule has 1 aromatic carbocycles. The van der Waals surface area contributed by atoms with Crippen LogP contribution < -0.4 is 4.73 Å². The Bertz CT molecular complexity index is 685. The summed E-state index contributed by atoms with van der Waals surface area (Å²) in [5, 5.41) is 13.6. The van der Waals surface area contributed by atoms with E-state index in [-0.39, 0.29) is 0 Å². The van der Waals surface area contributed by atoms with E-state index in [4.69, 9.17) is 4.42 Å². The van der Waals surface area contributed by atoms with Crippen LogP contribution in [0.1, 0.15) is 19.1 Å². The first-order valence-corrected chi connectivity index (χ1v) is 5.83. The fourth-order valence-electron chi connectivity index (χ4n) is 2.19. The molecular weight excluding hydrogens is 214 g/mol. The molecule has 0 amide bonds. The van der Waals surface area contributed by atoms with E-state index >= 15 is 0 Å². The van der Waals surface area contributed by atoms with E-state index in [0.29, 0.717) is 5.52 Å². The van der Waals surface area contributed by atoms with Crippen molar-refractivity contribution in [2.45, 2.75) is 19.8 Å². The number of fused-ring (bicyclic) bond motifs is 3. The Morgan fingerprint density at radius 2 is 2.12 bits per heavy atom. The van der Waals surface area contributed by atoms with Crippen molar-refractivity contribution in [3.63, 3.8) is 0 Å². The van der Waals surface area contributed by atoms with E-state index in [1.807, 2.05) is 30.3 Å². The SMILES string of the molecule is CCCc1cc2c[n+]([O-])c3ccccc3c2o1. The molecule has 86 valence electrons. The van der Waals surface area contributed by atoms with E-state index in [9.17, 15) is 5.21 Å². The Morgan fingerprint density at radius 3 is 2.94 bits per heavy atom. The van der Waals surface area contributed by atoms with Gasteiger partial charge in [0.25, 0.3) is 0 Å². The van der Waals surface area contributed by atoms with Crippen LogP contribution in [0.2, 0.25) is 0 Å². The normalized spacial score (nSPS) is 11.4. The second-order valence-electron chi connectivity index (χ2n) is 4.22. The minimum Gasteiger partial charge on any atom is -0.618 e. The van der Waals surface area contributed by atoms with Gasteiger partial charge in [0.1, 0.15) is 5.76 Å². The van der Waals surface area contributed by atoms with Crippen LogP contribution >= 0.6 is 0 Å². The van der Waals surface area contributed by atoms with Gasteiger partial charge in [-0.2, -0.15) is 4.73 Å². The molecule has 0 saturated carbocycles. The number of nitrogens with zero attached hydrogens (tertiary/aromatic N) is 1. The molecule has 2 aromatic heterocycles. The quantitative estimate of drug-likeness (QED) is 0.498. The first-order chi connectivity index (χ1) is 8.29. The third-order valence-corrected chi connectivity index (χ3v) is 2.95. The summed E-state index contributed by atoms with van der Waals surface area (Å²) >= 11 is 0. The van der Waals surface area contributed by atoms with Crippen molar-refractivity contribution in [2.24, 2.45) is 0 Å². The molecular formula is C14H13NO2. The van der Waals surface area contributed by atoms with Crippen LogP contribution in [0.15, 0.2) is 40.9 Å². The highest BCUT2D eigenvalue weighted by Gasteiger charge is 2.13. The van der Waals surface area contributed by atoms with Gasteiger partial charge >= 0.3 is 0 Å². The second-order valence-corrected chi connectivity index (χ2v) is 4.22. The van der Waals surface area contributed by atoms with E-state index < -0.39 is 0 Å². The average molecular weight is 227 g/mol. The van der Waals surface area contributed by atoms with Crippen molar-refractivity contribution in [3.05, 3.63) is 47.5 Å². The molecule has 0 aliphatic rings. The largest absolute Gasteiger partial charge is 0.618 e. The maximum absolute atomic E-state index is 11.8. The molecule has 0 unspecified atom stereocenters. The topological polar surface area (TPSA) is 40.1 Å². The minimum atomic E-state index is 0.650. The van der Waals surface area contributed by atoms with Crippen molar-refractivity contribution in [1.82, 2.24) is 0 Å². The van der Waals surface area contributed by atoms with E-state index in [1.54, 1.807) is 6.20 Å². The van der Waals surface area contributed by atoms with Crippen LogP contribution in [0.5, 0.6) is 0 Å². The fraction of sp³-hybridized carbons (Fsp3) is 0.214. The van der Waals surface area contributed by atoms with Crippen molar-refractivity contribution in [2.75, 3.05) is 0 Å². The predicted molar refractivity (Wildman–Crippen MR) is 66.7 cm³/mol. The lowest BCUT2D eigenvalue weighted by atomic mass is 10.2. The van der Waals surface area contributed by atoms with Gasteiger partial charge in [-0.25, -0.2) is 0 Å². The van der Waals surface area contributed by atoms with E-state index in [0.717, 1.165) is 39.7 Å². The van der Waals surface area contributed by atoms with Gasteiger partial charge in [0, 0.05) is 12.5 Å². The van der Waals surface area contributed by atoms with Crippen LogP contribution in [-0.2, 0) is 6.42 Å². The lowest BCUT2D eigenvalue weighted by Gasteiger charge is -2.00. The molecule has 0 spiro atoms. The first kappa shape index (κ1) is 10.1. The third-order valence-electron chi connectivity index (χ3n) is 2.95. The number of pyridine rings is 1. The van der Waals surface area contributed by atoms with E-state index in [2.05, 4.69) is 6.92 Å². The van der Waals surface area contributed by atoms with Crippen LogP contribution in [0.3, 0.4) is 0 Å². The van der Waals surface area contributed by atoms with Crippen molar-refractivity contribution >= 4 is 21.9 Å². The van der Waals surface area contributed by atoms with Crippen LogP contribution in [0, 0.1) is 5.21 Å². The van der Waals surface area contributed by atoms with Gasteiger partial charge in [0.15, 0.2) is 11.8 Å². The zero-order chi connectivity index (χ0) is 11.8. The molecule has 3 heteroatoms. The number of aromatic nitrogens is 1. The van der Waals surface area contributed by atoms with Crippen LogP contribution in [0.25, 0.3) is 21.9 Å². The summed E-state index contributed by atoms with van der Waals surface area (Å²) in [4.78, 5) is 0. The van der Waals surface area contributed by atoms with Crippen molar-refractivity contribution < 1.29 is 9.15 Å². The maximum Gasteiger partial charge on any atom is 0.227 e. The number of hydrogen-bond donors (Lipinski definition) is 0. The fourth-order valence-corrected chi connectivity index (χ4v) is 2.19. The monoisotopic (exact) mass is 227 g/mol. The molecule has 0 saturated heterocycles. The average Bonchev–Trinajstić information content (AvgIpc) is 2.73. The van der Waals surface area contributed by atoms with Gasteiger partial charge < -0.3 is 9.62 Å². The Morgan fingerprint density at radius 1 is 1.29 bits per heavy atom. The van der Waals surface area contributed by atoms with Gasteiger partial charge in [-0.1, -0.05) is 19.1 Å². The molecule has 3 nitrogen and oxygen atoms in total. The Hall–Kier alpha value is -2.03. The van der Waals surface area contributed by atoms with Gasteiger partial charge in [-0.3, -0.25) is 0 Å². The number of furan rings is 1. The van der Waals surface area contributed by atoms with Gasteiger partial charge in [0.2, 0.25) is 5.52 Å². The second kappa shape index (κ2) is 3.77. The first-order valence-electron chi connectivity index (χ1n) is 5.83. The van der Waals surface area contributed by atoms with Gasteiger partial charge in [-0.15, -0.1) is 0 Å². The summed E-state index contributed by atoms with van der Waals surface area (Å²) in [6, 6.07) is 9.47. The van der Waals surface area contributed by atoms with Crippen LogP contribution in [0.4, 0.5) is 0 Å².